The molecule has 1 unspecified atom stereocenters. The van der Waals surface area contributed by atoms with E-state index in [4.69, 9.17) is 0 Å². The Hall–Kier alpha value is -1.58. The zero-order valence-electron chi connectivity index (χ0n) is 11.7. The molecule has 1 atom stereocenters. The number of nitrogens with zero attached hydrogens (tertiary/aromatic N) is 2. The fraction of sp³-hybridized carbons (Fsp3) is 0.600. The van der Waals surface area contributed by atoms with Gasteiger partial charge in [0.15, 0.2) is 0 Å². The molecular formula is C15H22N2O2. The van der Waals surface area contributed by atoms with Crippen molar-refractivity contribution in [3.05, 3.63) is 23.5 Å². The maximum Gasteiger partial charge on any atom is 0.339 e. The number of carbonyl (C=O) groups is 1. The van der Waals surface area contributed by atoms with Crippen molar-refractivity contribution < 1.29 is 9.90 Å². The lowest BCUT2D eigenvalue weighted by Gasteiger charge is -2.32. The van der Waals surface area contributed by atoms with Crippen LogP contribution >= 0.6 is 0 Å². The SMILES string of the molecule is CCC1CCCCCN1c1cc(C)ncc1C(=O)O. The van der Waals surface area contributed by atoms with Crippen molar-refractivity contribution in [2.75, 3.05) is 11.4 Å². The molecule has 0 aliphatic carbocycles. The number of hydrogen-bond acceptors (Lipinski definition) is 3. The lowest BCUT2D eigenvalue weighted by Crippen LogP contribution is -2.35. The fourth-order valence-electron chi connectivity index (χ4n) is 2.87. The summed E-state index contributed by atoms with van der Waals surface area (Å²) in [7, 11) is 0. The fourth-order valence-corrected chi connectivity index (χ4v) is 2.87. The highest BCUT2D eigenvalue weighted by atomic mass is 16.4. The van der Waals surface area contributed by atoms with Crippen molar-refractivity contribution in [3.8, 4) is 0 Å². The second-order valence-electron chi connectivity index (χ2n) is 5.25. The van der Waals surface area contributed by atoms with Crippen LogP contribution in [-0.2, 0) is 0 Å². The van der Waals surface area contributed by atoms with Gasteiger partial charge in [0.05, 0.1) is 5.69 Å². The summed E-state index contributed by atoms with van der Waals surface area (Å²) >= 11 is 0. The lowest BCUT2D eigenvalue weighted by molar-refractivity contribution is 0.0697. The van der Waals surface area contributed by atoms with Crippen LogP contribution in [-0.4, -0.2) is 28.6 Å². The molecule has 1 aromatic heterocycles. The van der Waals surface area contributed by atoms with Crippen LogP contribution in [0.15, 0.2) is 12.3 Å². The molecule has 0 spiro atoms. The third kappa shape index (κ3) is 3.06. The van der Waals surface area contributed by atoms with Gasteiger partial charge in [0, 0.05) is 24.5 Å². The monoisotopic (exact) mass is 262 g/mol. The van der Waals surface area contributed by atoms with Crippen molar-refractivity contribution in [1.29, 1.82) is 0 Å². The van der Waals surface area contributed by atoms with E-state index >= 15 is 0 Å². The van der Waals surface area contributed by atoms with Crippen LogP contribution in [0.3, 0.4) is 0 Å². The molecule has 2 rings (SSSR count). The predicted molar refractivity (Wildman–Crippen MR) is 75.8 cm³/mol. The Kier molecular flexibility index (Phi) is 4.40. The number of pyridine rings is 1. The van der Waals surface area contributed by atoms with Crippen molar-refractivity contribution in [1.82, 2.24) is 4.98 Å². The van der Waals surface area contributed by atoms with Gasteiger partial charge in [0.2, 0.25) is 0 Å². The zero-order chi connectivity index (χ0) is 13.8. The molecule has 4 heteroatoms. The highest BCUT2D eigenvalue weighted by Gasteiger charge is 2.24. The first kappa shape index (κ1) is 13.8. The second kappa shape index (κ2) is 6.04. The van der Waals surface area contributed by atoms with Gasteiger partial charge in [0.1, 0.15) is 5.56 Å². The maximum absolute atomic E-state index is 11.4. The van der Waals surface area contributed by atoms with Crippen LogP contribution in [0.4, 0.5) is 5.69 Å². The van der Waals surface area contributed by atoms with Crippen LogP contribution < -0.4 is 4.90 Å². The number of hydrogen-bond donors (Lipinski definition) is 1. The van der Waals surface area contributed by atoms with Crippen LogP contribution in [0.5, 0.6) is 0 Å². The molecule has 1 aliphatic heterocycles. The molecule has 1 fully saturated rings. The van der Waals surface area contributed by atoms with Gasteiger partial charge in [-0.05, 0) is 32.3 Å². The van der Waals surface area contributed by atoms with E-state index < -0.39 is 5.97 Å². The molecule has 2 heterocycles. The summed E-state index contributed by atoms with van der Waals surface area (Å²) in [5, 5.41) is 9.35. The van der Waals surface area contributed by atoms with Gasteiger partial charge in [-0.1, -0.05) is 19.8 Å². The van der Waals surface area contributed by atoms with Gasteiger partial charge in [-0.25, -0.2) is 4.79 Å². The summed E-state index contributed by atoms with van der Waals surface area (Å²) in [6, 6.07) is 2.36. The van der Waals surface area contributed by atoms with Gasteiger partial charge in [-0.15, -0.1) is 0 Å². The molecular weight excluding hydrogens is 240 g/mol. The molecule has 1 aliphatic rings. The third-order valence-electron chi connectivity index (χ3n) is 3.91. The Morgan fingerprint density at radius 3 is 2.95 bits per heavy atom. The van der Waals surface area contributed by atoms with Crippen LogP contribution in [0, 0.1) is 6.92 Å². The van der Waals surface area contributed by atoms with Gasteiger partial charge in [-0.3, -0.25) is 4.98 Å². The second-order valence-corrected chi connectivity index (χ2v) is 5.25. The van der Waals surface area contributed by atoms with Gasteiger partial charge in [-0.2, -0.15) is 0 Å². The van der Waals surface area contributed by atoms with Crippen molar-refractivity contribution in [2.24, 2.45) is 0 Å². The minimum atomic E-state index is -0.887. The number of aromatic nitrogens is 1. The van der Waals surface area contributed by atoms with Gasteiger partial charge < -0.3 is 10.0 Å². The van der Waals surface area contributed by atoms with Gasteiger partial charge in [0.25, 0.3) is 0 Å². The Morgan fingerprint density at radius 2 is 2.26 bits per heavy atom. The topological polar surface area (TPSA) is 53.4 Å². The minimum absolute atomic E-state index is 0.325. The molecule has 4 nitrogen and oxygen atoms in total. The van der Waals surface area contributed by atoms with Crippen LogP contribution in [0.2, 0.25) is 0 Å². The lowest BCUT2D eigenvalue weighted by atomic mass is 10.1. The number of anilines is 1. The quantitative estimate of drug-likeness (QED) is 0.908. The van der Waals surface area contributed by atoms with Crippen LogP contribution in [0.1, 0.15) is 55.1 Å². The smallest absolute Gasteiger partial charge is 0.339 e. The molecule has 1 saturated heterocycles. The Balaban J connectivity index is 2.42. The molecule has 104 valence electrons. The van der Waals surface area contributed by atoms with E-state index in [1.807, 2.05) is 13.0 Å². The average molecular weight is 262 g/mol. The summed E-state index contributed by atoms with van der Waals surface area (Å²) in [5.74, 6) is -0.887. The van der Waals surface area contributed by atoms with E-state index in [-0.39, 0.29) is 0 Å². The molecule has 1 aromatic rings. The van der Waals surface area contributed by atoms with E-state index in [1.165, 1.54) is 19.0 Å². The van der Waals surface area contributed by atoms with E-state index in [0.29, 0.717) is 11.6 Å². The summed E-state index contributed by atoms with van der Waals surface area (Å²) in [5.41, 5.74) is 2.04. The van der Waals surface area contributed by atoms with Crippen molar-refractivity contribution in [2.45, 2.75) is 52.0 Å². The third-order valence-corrected chi connectivity index (χ3v) is 3.91. The molecule has 19 heavy (non-hydrogen) atoms. The number of rotatable bonds is 3. The minimum Gasteiger partial charge on any atom is -0.478 e. The highest BCUT2D eigenvalue weighted by molar-refractivity contribution is 5.94. The van der Waals surface area contributed by atoms with Crippen LogP contribution in [0.25, 0.3) is 0 Å². The summed E-state index contributed by atoms with van der Waals surface area (Å²) in [6.45, 7) is 5.04. The molecule has 1 N–H and O–H groups in total. The largest absolute Gasteiger partial charge is 0.478 e. The van der Waals surface area contributed by atoms with Gasteiger partial charge >= 0.3 is 5.97 Å². The zero-order valence-corrected chi connectivity index (χ0v) is 11.7. The van der Waals surface area contributed by atoms with Crippen molar-refractivity contribution >= 4 is 11.7 Å². The predicted octanol–water partition coefficient (Wildman–Crippen LogP) is 3.25. The summed E-state index contributed by atoms with van der Waals surface area (Å²) in [6.07, 6.45) is 7.31. The molecule has 0 aromatic carbocycles. The maximum atomic E-state index is 11.4. The first-order chi connectivity index (χ1) is 9.13. The van der Waals surface area contributed by atoms with E-state index in [9.17, 15) is 9.90 Å². The van der Waals surface area contributed by atoms with E-state index in [0.717, 1.165) is 37.2 Å². The number of carboxylic acid groups (broad SMARTS) is 1. The first-order valence-electron chi connectivity index (χ1n) is 7.10. The van der Waals surface area contributed by atoms with Crippen molar-refractivity contribution in [3.63, 3.8) is 0 Å². The first-order valence-corrected chi connectivity index (χ1v) is 7.10. The highest BCUT2D eigenvalue weighted by Crippen LogP contribution is 2.29. The number of carboxylic acids is 1. The Bertz CT molecular complexity index is 459. The summed E-state index contributed by atoms with van der Waals surface area (Å²) in [4.78, 5) is 17.8. The normalized spacial score (nSPS) is 20.1. The number of aryl methyl sites for hydroxylation is 1. The van der Waals surface area contributed by atoms with E-state index in [1.54, 1.807) is 0 Å². The Morgan fingerprint density at radius 1 is 1.47 bits per heavy atom. The van der Waals surface area contributed by atoms with E-state index in [2.05, 4.69) is 16.8 Å². The molecule has 0 radical (unpaired) electrons. The molecule has 0 bridgehead atoms. The number of aromatic carboxylic acids is 1. The summed E-state index contributed by atoms with van der Waals surface area (Å²) < 4.78 is 0. The standard InChI is InChI=1S/C15H22N2O2/c1-3-12-7-5-4-6-8-17(12)14-9-11(2)16-10-13(14)15(18)19/h9-10,12H,3-8H2,1-2H3,(H,18,19). The molecule has 0 amide bonds. The Labute approximate surface area is 114 Å². The molecule has 0 saturated carbocycles. The average Bonchev–Trinajstić information content (AvgIpc) is 2.63.